The summed E-state index contributed by atoms with van der Waals surface area (Å²) in [6.45, 7) is 3.43. The van der Waals surface area contributed by atoms with Crippen molar-refractivity contribution in [2.75, 3.05) is 18.4 Å². The summed E-state index contributed by atoms with van der Waals surface area (Å²) in [4.78, 5) is 4.44. The Bertz CT molecular complexity index is 632. The smallest absolute Gasteiger partial charge is 0.127 e. The van der Waals surface area contributed by atoms with Crippen LogP contribution in [-0.2, 0) is 0 Å². The molecule has 1 aliphatic heterocycles. The molecule has 20 heavy (non-hydrogen) atoms. The molecule has 0 amide bonds. The minimum absolute atomic E-state index is 0.0193. The van der Waals surface area contributed by atoms with E-state index in [1.54, 1.807) is 6.07 Å². The number of pyridine rings is 1. The summed E-state index contributed by atoms with van der Waals surface area (Å²) in [5.41, 5.74) is 1.68. The van der Waals surface area contributed by atoms with Gasteiger partial charge in [-0.15, -0.1) is 0 Å². The van der Waals surface area contributed by atoms with Crippen LogP contribution in [0.1, 0.15) is 12.0 Å². The number of aromatic nitrogens is 1. The SMILES string of the molecule is Cc1cc(N[C@@H]2CCNC[C@H]2O)nc2cc(F)ccc12. The number of fused-ring (bicyclic) bond motifs is 1. The lowest BCUT2D eigenvalue weighted by molar-refractivity contribution is 0.128. The minimum Gasteiger partial charge on any atom is -0.390 e. The Kier molecular flexibility index (Phi) is 3.54. The topological polar surface area (TPSA) is 57.2 Å². The average Bonchev–Trinajstić information content (AvgIpc) is 2.41. The first-order valence-corrected chi connectivity index (χ1v) is 6.86. The van der Waals surface area contributed by atoms with E-state index in [0.29, 0.717) is 17.9 Å². The van der Waals surface area contributed by atoms with Crippen molar-refractivity contribution in [3.63, 3.8) is 0 Å². The lowest BCUT2D eigenvalue weighted by Crippen LogP contribution is -2.47. The molecule has 0 spiro atoms. The van der Waals surface area contributed by atoms with Crippen LogP contribution in [-0.4, -0.2) is 35.3 Å². The molecule has 0 radical (unpaired) electrons. The zero-order chi connectivity index (χ0) is 14.1. The first-order valence-electron chi connectivity index (χ1n) is 6.86. The summed E-state index contributed by atoms with van der Waals surface area (Å²) in [5, 5.41) is 17.3. The lowest BCUT2D eigenvalue weighted by Gasteiger charge is -2.29. The Hall–Kier alpha value is -1.72. The fourth-order valence-electron chi connectivity index (χ4n) is 2.65. The van der Waals surface area contributed by atoms with Crippen molar-refractivity contribution in [3.05, 3.63) is 35.6 Å². The molecule has 1 fully saturated rings. The summed E-state index contributed by atoms with van der Waals surface area (Å²) in [7, 11) is 0. The first-order chi connectivity index (χ1) is 9.63. The van der Waals surface area contributed by atoms with Crippen LogP contribution in [0.3, 0.4) is 0 Å². The molecule has 0 bridgehead atoms. The largest absolute Gasteiger partial charge is 0.390 e. The third-order valence-electron chi connectivity index (χ3n) is 3.76. The molecule has 106 valence electrons. The van der Waals surface area contributed by atoms with Crippen LogP contribution in [0.5, 0.6) is 0 Å². The maximum atomic E-state index is 13.3. The molecule has 2 aromatic rings. The first kappa shape index (κ1) is 13.3. The van der Waals surface area contributed by atoms with E-state index in [2.05, 4.69) is 15.6 Å². The van der Waals surface area contributed by atoms with Crippen LogP contribution in [0.15, 0.2) is 24.3 Å². The van der Waals surface area contributed by atoms with Crippen molar-refractivity contribution in [1.82, 2.24) is 10.3 Å². The normalized spacial score (nSPS) is 22.9. The molecule has 3 rings (SSSR count). The zero-order valence-electron chi connectivity index (χ0n) is 11.4. The van der Waals surface area contributed by atoms with Gasteiger partial charge in [0.25, 0.3) is 0 Å². The highest BCUT2D eigenvalue weighted by atomic mass is 19.1. The number of anilines is 1. The maximum absolute atomic E-state index is 13.3. The number of aryl methyl sites for hydroxylation is 1. The number of aliphatic hydroxyl groups is 1. The molecule has 0 unspecified atom stereocenters. The van der Waals surface area contributed by atoms with E-state index in [9.17, 15) is 9.50 Å². The Labute approximate surface area is 117 Å². The summed E-state index contributed by atoms with van der Waals surface area (Å²) in [6, 6.07) is 6.55. The number of aliphatic hydroxyl groups excluding tert-OH is 1. The van der Waals surface area contributed by atoms with E-state index in [1.807, 2.05) is 13.0 Å². The van der Waals surface area contributed by atoms with E-state index in [-0.39, 0.29) is 11.9 Å². The van der Waals surface area contributed by atoms with Crippen molar-refractivity contribution in [3.8, 4) is 0 Å². The fourth-order valence-corrected chi connectivity index (χ4v) is 2.65. The van der Waals surface area contributed by atoms with Gasteiger partial charge in [-0.1, -0.05) is 0 Å². The van der Waals surface area contributed by atoms with Gasteiger partial charge in [0, 0.05) is 18.0 Å². The molecule has 1 saturated heterocycles. The van der Waals surface area contributed by atoms with Crippen molar-refractivity contribution < 1.29 is 9.50 Å². The van der Waals surface area contributed by atoms with Gasteiger partial charge in [0.1, 0.15) is 11.6 Å². The molecule has 3 N–H and O–H groups in total. The summed E-state index contributed by atoms with van der Waals surface area (Å²) in [6.07, 6.45) is 0.400. The van der Waals surface area contributed by atoms with E-state index in [1.165, 1.54) is 12.1 Å². The Morgan fingerprint density at radius 1 is 1.40 bits per heavy atom. The number of β-amino-alcohol motifs (C(OH)–C–C–N with tert-alkyl or cyclic N) is 1. The Balaban J connectivity index is 1.91. The van der Waals surface area contributed by atoms with E-state index < -0.39 is 6.10 Å². The second-order valence-corrected chi connectivity index (χ2v) is 5.30. The van der Waals surface area contributed by atoms with Crippen LogP contribution < -0.4 is 10.6 Å². The van der Waals surface area contributed by atoms with Gasteiger partial charge in [-0.3, -0.25) is 0 Å². The van der Waals surface area contributed by atoms with Crippen LogP contribution in [0.2, 0.25) is 0 Å². The molecular weight excluding hydrogens is 257 g/mol. The quantitative estimate of drug-likeness (QED) is 0.782. The highest BCUT2D eigenvalue weighted by Crippen LogP contribution is 2.22. The molecule has 1 aromatic carbocycles. The van der Waals surface area contributed by atoms with Crippen molar-refractivity contribution in [2.45, 2.75) is 25.5 Å². The van der Waals surface area contributed by atoms with Crippen LogP contribution in [0, 0.1) is 12.7 Å². The summed E-state index contributed by atoms with van der Waals surface area (Å²) >= 11 is 0. The molecular formula is C15H18FN3O. The predicted octanol–water partition coefficient (Wildman–Crippen LogP) is 1.82. The summed E-state index contributed by atoms with van der Waals surface area (Å²) in [5.74, 6) is 0.398. The van der Waals surface area contributed by atoms with Gasteiger partial charge >= 0.3 is 0 Å². The van der Waals surface area contributed by atoms with Crippen LogP contribution >= 0.6 is 0 Å². The number of nitrogens with one attached hydrogen (secondary N) is 2. The van der Waals surface area contributed by atoms with Crippen molar-refractivity contribution in [1.29, 1.82) is 0 Å². The lowest BCUT2D eigenvalue weighted by atomic mass is 10.0. The average molecular weight is 275 g/mol. The maximum Gasteiger partial charge on any atom is 0.127 e. The number of hydrogen-bond donors (Lipinski definition) is 3. The number of nitrogens with zero attached hydrogens (tertiary/aromatic N) is 1. The highest BCUT2D eigenvalue weighted by molar-refractivity contribution is 5.83. The number of halogens is 1. The van der Waals surface area contributed by atoms with Crippen LogP contribution in [0.25, 0.3) is 10.9 Å². The predicted molar refractivity (Wildman–Crippen MR) is 77.3 cm³/mol. The number of hydrogen-bond acceptors (Lipinski definition) is 4. The molecule has 4 nitrogen and oxygen atoms in total. The second-order valence-electron chi connectivity index (χ2n) is 5.30. The molecule has 1 aromatic heterocycles. The van der Waals surface area contributed by atoms with Gasteiger partial charge in [-0.05, 0) is 43.7 Å². The van der Waals surface area contributed by atoms with Crippen molar-refractivity contribution >= 4 is 16.7 Å². The molecule has 2 heterocycles. The third-order valence-corrected chi connectivity index (χ3v) is 3.76. The third kappa shape index (κ3) is 2.59. The Morgan fingerprint density at radius 2 is 2.25 bits per heavy atom. The number of benzene rings is 1. The standard InChI is InChI=1S/C15H18FN3O/c1-9-6-15(18-12-4-5-17-8-14(12)20)19-13-7-10(16)2-3-11(9)13/h2-3,6-7,12,14,17,20H,4-5,8H2,1H3,(H,18,19)/t12-,14-/m1/s1. The molecule has 2 atom stereocenters. The van der Waals surface area contributed by atoms with Gasteiger partial charge in [-0.2, -0.15) is 0 Å². The van der Waals surface area contributed by atoms with E-state index in [4.69, 9.17) is 0 Å². The molecule has 1 aliphatic rings. The van der Waals surface area contributed by atoms with Gasteiger partial charge in [0.15, 0.2) is 0 Å². The van der Waals surface area contributed by atoms with Gasteiger partial charge in [0.2, 0.25) is 0 Å². The highest BCUT2D eigenvalue weighted by Gasteiger charge is 2.22. The number of rotatable bonds is 2. The second kappa shape index (κ2) is 5.34. The van der Waals surface area contributed by atoms with Gasteiger partial charge in [-0.25, -0.2) is 9.37 Å². The minimum atomic E-state index is -0.436. The Morgan fingerprint density at radius 3 is 3.05 bits per heavy atom. The molecule has 0 aliphatic carbocycles. The van der Waals surface area contributed by atoms with Crippen molar-refractivity contribution in [2.24, 2.45) is 0 Å². The summed E-state index contributed by atoms with van der Waals surface area (Å²) < 4.78 is 13.3. The zero-order valence-corrected chi connectivity index (χ0v) is 11.4. The van der Waals surface area contributed by atoms with E-state index >= 15 is 0 Å². The van der Waals surface area contributed by atoms with Crippen LogP contribution in [0.4, 0.5) is 10.2 Å². The number of piperidine rings is 1. The van der Waals surface area contributed by atoms with Gasteiger partial charge < -0.3 is 15.7 Å². The molecule has 0 saturated carbocycles. The fraction of sp³-hybridized carbons (Fsp3) is 0.400. The monoisotopic (exact) mass is 275 g/mol. The van der Waals surface area contributed by atoms with Gasteiger partial charge in [0.05, 0.1) is 17.7 Å². The van der Waals surface area contributed by atoms with E-state index in [0.717, 1.165) is 23.9 Å². The molecule has 5 heteroatoms.